The molecule has 1 N–H and O–H groups in total. The molecule has 0 spiro atoms. The minimum Gasteiger partial charge on any atom is -0.444 e. The van der Waals surface area contributed by atoms with Crippen molar-refractivity contribution in [3.05, 3.63) is 52.4 Å². The smallest absolute Gasteiger partial charge is 0.407 e. The Morgan fingerprint density at radius 1 is 1.00 bits per heavy atom. The van der Waals surface area contributed by atoms with Gasteiger partial charge < -0.3 is 19.2 Å². The van der Waals surface area contributed by atoms with Gasteiger partial charge in [-0.3, -0.25) is 4.79 Å². The van der Waals surface area contributed by atoms with Crippen molar-refractivity contribution in [3.63, 3.8) is 0 Å². The third-order valence-corrected chi connectivity index (χ3v) is 6.31. The van der Waals surface area contributed by atoms with Crippen LogP contribution in [0.1, 0.15) is 52.0 Å². The average Bonchev–Trinajstić information content (AvgIpc) is 2.79. The topological polar surface area (TPSA) is 94.8 Å². The summed E-state index contributed by atoms with van der Waals surface area (Å²) < 4.78 is 16.6. The molecule has 1 aromatic heterocycles. The first-order valence-corrected chi connectivity index (χ1v) is 11.8. The van der Waals surface area contributed by atoms with Crippen LogP contribution in [-0.4, -0.2) is 24.2 Å². The van der Waals surface area contributed by atoms with E-state index in [1.165, 1.54) is 0 Å². The number of amides is 1. The van der Waals surface area contributed by atoms with Gasteiger partial charge in [-0.05, 0) is 82.9 Å². The van der Waals surface area contributed by atoms with Gasteiger partial charge >= 0.3 is 17.7 Å². The first-order chi connectivity index (χ1) is 16.1. The molecule has 1 aliphatic carbocycles. The molecule has 0 atom stereocenters. The van der Waals surface area contributed by atoms with Crippen LogP contribution in [0.5, 0.6) is 5.75 Å². The second-order valence-corrected chi connectivity index (χ2v) is 10.0. The zero-order valence-electron chi connectivity index (χ0n) is 20.1. The first-order valence-electron chi connectivity index (χ1n) is 11.8. The highest BCUT2D eigenvalue weighted by Crippen LogP contribution is 2.33. The van der Waals surface area contributed by atoms with Crippen molar-refractivity contribution in [2.75, 3.05) is 6.54 Å². The quantitative estimate of drug-likeness (QED) is 0.237. The van der Waals surface area contributed by atoms with E-state index in [0.717, 1.165) is 23.6 Å². The van der Waals surface area contributed by atoms with Crippen LogP contribution in [0.25, 0.3) is 21.7 Å². The third kappa shape index (κ3) is 5.24. The average molecular weight is 466 g/mol. The summed E-state index contributed by atoms with van der Waals surface area (Å²) in [5, 5.41) is 4.97. The number of rotatable bonds is 4. The van der Waals surface area contributed by atoms with E-state index in [9.17, 15) is 14.4 Å². The molecular formula is C27H31NO6. The van der Waals surface area contributed by atoms with Crippen molar-refractivity contribution in [1.82, 2.24) is 5.32 Å². The van der Waals surface area contributed by atoms with Crippen LogP contribution in [0.3, 0.4) is 0 Å². The summed E-state index contributed by atoms with van der Waals surface area (Å²) in [6.45, 7) is 7.82. The van der Waals surface area contributed by atoms with Gasteiger partial charge in [0.1, 0.15) is 16.9 Å². The molecule has 34 heavy (non-hydrogen) atoms. The molecule has 2 aromatic carbocycles. The van der Waals surface area contributed by atoms with Crippen LogP contribution in [0.4, 0.5) is 4.79 Å². The Balaban J connectivity index is 1.38. The Labute approximate surface area is 198 Å². The minimum atomic E-state index is -0.526. The molecule has 1 aliphatic rings. The lowest BCUT2D eigenvalue weighted by atomic mass is 9.82. The van der Waals surface area contributed by atoms with Crippen molar-refractivity contribution >= 4 is 33.8 Å². The molecular weight excluding hydrogens is 434 g/mol. The Hall–Kier alpha value is -3.35. The van der Waals surface area contributed by atoms with E-state index in [4.69, 9.17) is 13.9 Å². The van der Waals surface area contributed by atoms with Crippen LogP contribution < -0.4 is 15.7 Å². The van der Waals surface area contributed by atoms with E-state index in [1.54, 1.807) is 25.1 Å². The standard InChI is InChI=1S/C27H31NO6/c1-16-22(14-13-20-19-7-5-6-8-21(19)25(30)33-23(16)20)32-24(29)18-11-9-17(10-12-18)15-28-26(31)34-27(2,3)4/h5-8,13-14,17-18H,9-12,15H2,1-4H3,(H,28,31). The number of esters is 1. The lowest BCUT2D eigenvalue weighted by Gasteiger charge is -2.28. The Morgan fingerprint density at radius 3 is 2.35 bits per heavy atom. The molecule has 7 heteroatoms. The Kier molecular flexibility index (Phi) is 6.64. The molecule has 4 rings (SSSR count). The Bertz CT molecular complexity index is 1280. The number of hydrogen-bond donors (Lipinski definition) is 1. The van der Waals surface area contributed by atoms with Crippen LogP contribution >= 0.6 is 0 Å². The number of nitrogens with one attached hydrogen (secondary N) is 1. The summed E-state index contributed by atoms with van der Waals surface area (Å²) in [5.41, 5.74) is 0.130. The third-order valence-electron chi connectivity index (χ3n) is 6.31. The fourth-order valence-corrected chi connectivity index (χ4v) is 4.51. The number of hydrogen-bond acceptors (Lipinski definition) is 6. The largest absolute Gasteiger partial charge is 0.444 e. The number of carbonyl (C=O) groups is 2. The molecule has 1 amide bonds. The first kappa shape index (κ1) is 23.8. The minimum absolute atomic E-state index is 0.198. The van der Waals surface area contributed by atoms with Gasteiger partial charge in [-0.25, -0.2) is 9.59 Å². The summed E-state index contributed by atoms with van der Waals surface area (Å²) in [6.07, 6.45) is 2.64. The summed E-state index contributed by atoms with van der Waals surface area (Å²) in [4.78, 5) is 37.1. The maximum Gasteiger partial charge on any atom is 0.407 e. The van der Waals surface area contributed by atoms with Crippen molar-refractivity contribution in [2.45, 2.75) is 59.0 Å². The van der Waals surface area contributed by atoms with E-state index < -0.39 is 17.3 Å². The molecule has 0 saturated heterocycles. The van der Waals surface area contributed by atoms with E-state index in [-0.39, 0.29) is 11.9 Å². The molecule has 1 saturated carbocycles. The summed E-state index contributed by atoms with van der Waals surface area (Å²) in [6, 6.07) is 10.9. The molecule has 1 fully saturated rings. The number of ether oxygens (including phenoxy) is 2. The van der Waals surface area contributed by atoms with Gasteiger partial charge in [0.05, 0.1) is 11.3 Å². The molecule has 0 bridgehead atoms. The van der Waals surface area contributed by atoms with E-state index in [1.807, 2.05) is 39.0 Å². The second-order valence-electron chi connectivity index (χ2n) is 10.0. The van der Waals surface area contributed by atoms with Gasteiger partial charge in [-0.2, -0.15) is 0 Å². The summed E-state index contributed by atoms with van der Waals surface area (Å²) >= 11 is 0. The number of alkyl carbamates (subject to hydrolysis) is 1. The number of fused-ring (bicyclic) bond motifs is 3. The van der Waals surface area contributed by atoms with Gasteiger partial charge in [-0.15, -0.1) is 0 Å². The van der Waals surface area contributed by atoms with Gasteiger partial charge in [0.25, 0.3) is 0 Å². The molecule has 7 nitrogen and oxygen atoms in total. The van der Waals surface area contributed by atoms with E-state index in [2.05, 4.69) is 5.32 Å². The highest BCUT2D eigenvalue weighted by atomic mass is 16.6. The monoisotopic (exact) mass is 465 g/mol. The van der Waals surface area contributed by atoms with Crippen LogP contribution in [0, 0.1) is 18.8 Å². The number of aryl methyl sites for hydroxylation is 1. The van der Waals surface area contributed by atoms with E-state index in [0.29, 0.717) is 47.6 Å². The van der Waals surface area contributed by atoms with Gasteiger partial charge in [0.15, 0.2) is 0 Å². The Morgan fingerprint density at radius 2 is 1.68 bits per heavy atom. The van der Waals surface area contributed by atoms with Gasteiger partial charge in [0.2, 0.25) is 0 Å². The van der Waals surface area contributed by atoms with Crippen LogP contribution in [0.15, 0.2) is 45.6 Å². The predicted octanol–water partition coefficient (Wildman–Crippen LogP) is 5.49. The highest BCUT2D eigenvalue weighted by molar-refractivity contribution is 6.05. The fourth-order valence-electron chi connectivity index (χ4n) is 4.51. The second kappa shape index (κ2) is 9.49. The van der Waals surface area contributed by atoms with Gasteiger partial charge in [-0.1, -0.05) is 18.2 Å². The molecule has 1 heterocycles. The van der Waals surface area contributed by atoms with Crippen LogP contribution in [-0.2, 0) is 9.53 Å². The van der Waals surface area contributed by atoms with Crippen molar-refractivity contribution in [1.29, 1.82) is 0 Å². The summed E-state index contributed by atoms with van der Waals surface area (Å²) in [5.74, 6) is 0.242. The zero-order valence-corrected chi connectivity index (χ0v) is 20.1. The zero-order chi connectivity index (χ0) is 24.5. The van der Waals surface area contributed by atoms with Gasteiger partial charge in [0, 0.05) is 17.5 Å². The summed E-state index contributed by atoms with van der Waals surface area (Å²) in [7, 11) is 0. The number of benzene rings is 2. The van der Waals surface area contributed by atoms with Crippen molar-refractivity contribution < 1.29 is 23.5 Å². The van der Waals surface area contributed by atoms with Crippen LogP contribution in [0.2, 0.25) is 0 Å². The lowest BCUT2D eigenvalue weighted by molar-refractivity contribution is -0.140. The lowest BCUT2D eigenvalue weighted by Crippen LogP contribution is -2.36. The normalized spacial score (nSPS) is 18.6. The molecule has 0 aliphatic heterocycles. The molecule has 0 radical (unpaired) electrons. The van der Waals surface area contributed by atoms with E-state index >= 15 is 0 Å². The predicted molar refractivity (Wildman–Crippen MR) is 130 cm³/mol. The molecule has 3 aromatic rings. The molecule has 180 valence electrons. The molecule has 0 unspecified atom stereocenters. The fraction of sp³-hybridized carbons (Fsp3) is 0.444. The maximum atomic E-state index is 12.9. The maximum absolute atomic E-state index is 12.9. The highest BCUT2D eigenvalue weighted by Gasteiger charge is 2.29. The van der Waals surface area contributed by atoms with Crippen molar-refractivity contribution in [3.8, 4) is 5.75 Å². The van der Waals surface area contributed by atoms with Crippen molar-refractivity contribution in [2.24, 2.45) is 11.8 Å². The SMILES string of the molecule is Cc1c(OC(=O)C2CCC(CNC(=O)OC(C)(C)C)CC2)ccc2c1oc(=O)c1ccccc12. The number of carbonyl (C=O) groups excluding carboxylic acids is 2.